The van der Waals surface area contributed by atoms with Crippen LogP contribution >= 0.6 is 0 Å². The van der Waals surface area contributed by atoms with Crippen molar-refractivity contribution in [3.63, 3.8) is 0 Å². The molecule has 0 unspecified atom stereocenters. The molecule has 1 saturated carbocycles. The Morgan fingerprint density at radius 1 is 0.947 bits per heavy atom. The van der Waals surface area contributed by atoms with Gasteiger partial charge in [0, 0.05) is 19.1 Å². The Balaban J connectivity index is 2.05. The Morgan fingerprint density at radius 2 is 1.68 bits per heavy atom. The van der Waals surface area contributed by atoms with Gasteiger partial charge in [0.1, 0.15) is 0 Å². The van der Waals surface area contributed by atoms with E-state index in [2.05, 4.69) is 36.1 Å². The molecule has 0 heterocycles. The van der Waals surface area contributed by atoms with Crippen LogP contribution in [0.25, 0.3) is 0 Å². The quantitative estimate of drug-likeness (QED) is 0.615. The minimum atomic E-state index is 0.815. The molecule has 1 fully saturated rings. The maximum Gasteiger partial charge on any atom is 0.0109 e. The fourth-order valence-electron chi connectivity index (χ4n) is 2.91. The van der Waals surface area contributed by atoms with Gasteiger partial charge in [-0.1, -0.05) is 26.2 Å². The average Bonchev–Trinajstić information content (AvgIpc) is 2.41. The smallest absolute Gasteiger partial charge is 0.0109 e. The topological polar surface area (TPSA) is 18.5 Å². The van der Waals surface area contributed by atoms with Gasteiger partial charge in [0.15, 0.2) is 0 Å². The Hall–Kier alpha value is -0.120. The maximum atomic E-state index is 3.75. The van der Waals surface area contributed by atoms with Crippen LogP contribution in [0.3, 0.4) is 0 Å². The monoisotopic (exact) mass is 269 g/mol. The first kappa shape index (κ1) is 16.9. The number of hydrogen-bond donors (Lipinski definition) is 1. The molecule has 0 aromatic rings. The second-order valence-corrected chi connectivity index (χ2v) is 6.29. The number of likely N-dealkylation sites (N-methyl/N-ethyl adjacent to an activating group) is 1. The Kier molecular flexibility index (Phi) is 9.48. The molecule has 0 radical (unpaired) electrons. The molecule has 1 aliphatic carbocycles. The highest BCUT2D eigenvalue weighted by molar-refractivity contribution is 4.72. The van der Waals surface area contributed by atoms with Crippen LogP contribution < -0.4 is 5.32 Å². The zero-order valence-electron chi connectivity index (χ0n) is 13.5. The lowest BCUT2D eigenvalue weighted by atomic mass is 9.95. The van der Waals surface area contributed by atoms with Crippen LogP contribution in [0.1, 0.15) is 51.9 Å². The molecule has 0 bridgehead atoms. The summed E-state index contributed by atoms with van der Waals surface area (Å²) in [5.74, 6) is 0. The zero-order valence-corrected chi connectivity index (χ0v) is 13.5. The molecule has 0 spiro atoms. The summed E-state index contributed by atoms with van der Waals surface area (Å²) in [5, 5.41) is 3.75. The second-order valence-electron chi connectivity index (χ2n) is 6.29. The summed E-state index contributed by atoms with van der Waals surface area (Å²) >= 11 is 0. The Morgan fingerprint density at radius 3 is 2.32 bits per heavy atom. The molecule has 1 aliphatic rings. The number of nitrogens with one attached hydrogen (secondary N) is 1. The Labute approximate surface area is 120 Å². The first-order chi connectivity index (χ1) is 9.22. The van der Waals surface area contributed by atoms with Crippen molar-refractivity contribution >= 4 is 0 Å². The normalized spacial score (nSPS) is 17.5. The molecule has 0 aromatic heterocycles. The summed E-state index contributed by atoms with van der Waals surface area (Å²) in [5.41, 5.74) is 0. The van der Waals surface area contributed by atoms with E-state index in [9.17, 15) is 0 Å². The number of rotatable bonds is 10. The second kappa shape index (κ2) is 10.6. The summed E-state index contributed by atoms with van der Waals surface area (Å²) in [6, 6.07) is 0.815. The van der Waals surface area contributed by atoms with Crippen molar-refractivity contribution < 1.29 is 0 Å². The van der Waals surface area contributed by atoms with Crippen molar-refractivity contribution in [1.29, 1.82) is 0 Å². The Bertz CT molecular complexity index is 200. The summed E-state index contributed by atoms with van der Waals surface area (Å²) in [6.07, 6.45) is 9.68. The van der Waals surface area contributed by atoms with Crippen molar-refractivity contribution in [2.45, 2.75) is 57.9 Å². The molecule has 0 aliphatic heterocycles. The average molecular weight is 269 g/mol. The van der Waals surface area contributed by atoms with Gasteiger partial charge in [-0.3, -0.25) is 0 Å². The van der Waals surface area contributed by atoms with Gasteiger partial charge in [0.2, 0.25) is 0 Å². The molecule has 114 valence electrons. The number of hydrogen-bond acceptors (Lipinski definition) is 3. The third kappa shape index (κ3) is 8.61. The van der Waals surface area contributed by atoms with Crippen LogP contribution in [0, 0.1) is 0 Å². The standard InChI is InChI=1S/C16H35N3/c1-4-12-19(15-14-18(2)3)13-8-11-17-16-9-6-5-7-10-16/h16-17H,4-15H2,1-3H3. The van der Waals surface area contributed by atoms with Crippen LogP contribution in [0.15, 0.2) is 0 Å². The highest BCUT2D eigenvalue weighted by Crippen LogP contribution is 2.17. The lowest BCUT2D eigenvalue weighted by Gasteiger charge is -2.25. The van der Waals surface area contributed by atoms with Crippen molar-refractivity contribution in [2.75, 3.05) is 46.8 Å². The molecule has 3 heteroatoms. The van der Waals surface area contributed by atoms with E-state index in [4.69, 9.17) is 0 Å². The van der Waals surface area contributed by atoms with Gasteiger partial charge < -0.3 is 15.1 Å². The molecular weight excluding hydrogens is 234 g/mol. The van der Waals surface area contributed by atoms with Gasteiger partial charge in [-0.15, -0.1) is 0 Å². The van der Waals surface area contributed by atoms with Crippen LogP contribution in [0.5, 0.6) is 0 Å². The molecule has 1 rings (SSSR count). The minimum absolute atomic E-state index is 0.815. The third-order valence-corrected chi connectivity index (χ3v) is 4.09. The van der Waals surface area contributed by atoms with Gasteiger partial charge in [-0.05, 0) is 59.4 Å². The largest absolute Gasteiger partial charge is 0.314 e. The van der Waals surface area contributed by atoms with Gasteiger partial charge >= 0.3 is 0 Å². The maximum absolute atomic E-state index is 3.75. The zero-order chi connectivity index (χ0) is 13.9. The SMILES string of the molecule is CCCN(CCCNC1CCCCC1)CCN(C)C. The molecule has 0 aromatic carbocycles. The van der Waals surface area contributed by atoms with Gasteiger partial charge in [0.25, 0.3) is 0 Å². The van der Waals surface area contributed by atoms with Gasteiger partial charge in [0.05, 0.1) is 0 Å². The summed E-state index contributed by atoms with van der Waals surface area (Å²) in [4.78, 5) is 4.89. The summed E-state index contributed by atoms with van der Waals surface area (Å²) < 4.78 is 0. The van der Waals surface area contributed by atoms with Crippen molar-refractivity contribution in [1.82, 2.24) is 15.1 Å². The highest BCUT2D eigenvalue weighted by Gasteiger charge is 2.12. The van der Waals surface area contributed by atoms with E-state index in [-0.39, 0.29) is 0 Å². The van der Waals surface area contributed by atoms with E-state index in [0.717, 1.165) is 6.04 Å². The van der Waals surface area contributed by atoms with Crippen LogP contribution in [0.4, 0.5) is 0 Å². The van der Waals surface area contributed by atoms with Crippen LogP contribution in [-0.4, -0.2) is 62.7 Å². The molecule has 1 N–H and O–H groups in total. The fourth-order valence-corrected chi connectivity index (χ4v) is 2.91. The fraction of sp³-hybridized carbons (Fsp3) is 1.00. The van der Waals surface area contributed by atoms with E-state index in [0.29, 0.717) is 0 Å². The lowest BCUT2D eigenvalue weighted by molar-refractivity contribution is 0.235. The van der Waals surface area contributed by atoms with E-state index < -0.39 is 0 Å². The van der Waals surface area contributed by atoms with E-state index in [1.807, 2.05) is 0 Å². The molecule has 3 nitrogen and oxygen atoms in total. The van der Waals surface area contributed by atoms with Crippen molar-refractivity contribution in [2.24, 2.45) is 0 Å². The van der Waals surface area contributed by atoms with Crippen LogP contribution in [-0.2, 0) is 0 Å². The van der Waals surface area contributed by atoms with E-state index in [1.165, 1.54) is 77.7 Å². The minimum Gasteiger partial charge on any atom is -0.314 e. The van der Waals surface area contributed by atoms with Crippen molar-refractivity contribution in [3.8, 4) is 0 Å². The summed E-state index contributed by atoms with van der Waals surface area (Å²) in [7, 11) is 4.32. The lowest BCUT2D eigenvalue weighted by Crippen LogP contribution is -2.36. The number of nitrogens with zero attached hydrogens (tertiary/aromatic N) is 2. The molecule has 0 amide bonds. The first-order valence-corrected chi connectivity index (χ1v) is 8.33. The van der Waals surface area contributed by atoms with Crippen LogP contribution in [0.2, 0.25) is 0 Å². The van der Waals surface area contributed by atoms with Crippen molar-refractivity contribution in [3.05, 3.63) is 0 Å². The predicted molar refractivity (Wildman–Crippen MR) is 84.8 cm³/mol. The molecule has 19 heavy (non-hydrogen) atoms. The third-order valence-electron chi connectivity index (χ3n) is 4.09. The van der Waals surface area contributed by atoms with E-state index >= 15 is 0 Å². The van der Waals surface area contributed by atoms with Gasteiger partial charge in [-0.25, -0.2) is 0 Å². The molecular formula is C16H35N3. The van der Waals surface area contributed by atoms with E-state index in [1.54, 1.807) is 0 Å². The molecule has 0 saturated heterocycles. The highest BCUT2D eigenvalue weighted by atomic mass is 15.2. The molecule has 0 atom stereocenters. The first-order valence-electron chi connectivity index (χ1n) is 8.33. The predicted octanol–water partition coefficient (Wildman–Crippen LogP) is 2.57. The van der Waals surface area contributed by atoms with Gasteiger partial charge in [-0.2, -0.15) is 0 Å². The summed E-state index contributed by atoms with van der Waals surface area (Å²) in [6.45, 7) is 8.37.